The molecule has 1 saturated heterocycles. The summed E-state index contributed by atoms with van der Waals surface area (Å²) in [4.78, 5) is 45.3. The molecule has 38 heavy (non-hydrogen) atoms. The second kappa shape index (κ2) is 12.6. The van der Waals surface area contributed by atoms with Crippen molar-refractivity contribution in [1.29, 1.82) is 0 Å². The van der Waals surface area contributed by atoms with Crippen molar-refractivity contribution in [2.75, 3.05) is 11.4 Å². The van der Waals surface area contributed by atoms with Gasteiger partial charge in [-0.05, 0) is 49.1 Å². The molecule has 0 aromatic heterocycles. The highest BCUT2D eigenvalue weighted by Crippen LogP contribution is 2.44. The Kier molecular flexibility index (Phi) is 9.06. The minimum atomic E-state index is -0.531. The summed E-state index contributed by atoms with van der Waals surface area (Å²) in [5.41, 5.74) is 3.63. The quantitative estimate of drug-likeness (QED) is 0.113. The van der Waals surface area contributed by atoms with Gasteiger partial charge in [-0.3, -0.25) is 9.59 Å². The number of ketones is 2. The van der Waals surface area contributed by atoms with E-state index in [1.807, 2.05) is 60.7 Å². The summed E-state index contributed by atoms with van der Waals surface area (Å²) in [5, 5.41) is 4.01. The van der Waals surface area contributed by atoms with Crippen molar-refractivity contribution in [2.24, 2.45) is 22.9 Å². The molecule has 1 fully saturated rings. The number of benzene rings is 2. The van der Waals surface area contributed by atoms with E-state index < -0.39 is 5.97 Å². The Labute approximate surface area is 225 Å². The zero-order valence-corrected chi connectivity index (χ0v) is 22.4. The van der Waals surface area contributed by atoms with Crippen molar-refractivity contribution >= 4 is 28.9 Å². The van der Waals surface area contributed by atoms with Crippen LogP contribution in [0.4, 0.5) is 5.69 Å². The summed E-state index contributed by atoms with van der Waals surface area (Å²) in [6, 6.07) is 16.8. The lowest BCUT2D eigenvalue weighted by atomic mass is 9.77. The monoisotopic (exact) mass is 512 g/mol. The highest BCUT2D eigenvalue weighted by atomic mass is 16.7. The van der Waals surface area contributed by atoms with Crippen LogP contribution in [0, 0.1) is 17.8 Å². The van der Waals surface area contributed by atoms with E-state index in [1.54, 1.807) is 0 Å². The standard InChI is InChI=1S/C32H36N2O4/c1-4-5-6-10-15-28(33-38-23(3)35)32(37)27-21-34(29-16-11-12-22(2)30(27)29)26-19-17-25(18-20-26)31(36)24-13-8-7-9-14-24/h7-9,11-14,16-20,22,27,30H,4-6,10,15,21H2,1-3H3/b33-28+. The maximum absolute atomic E-state index is 13.9. The summed E-state index contributed by atoms with van der Waals surface area (Å²) in [6.07, 6.45) is 10.8. The first-order chi connectivity index (χ1) is 18.4. The Bertz CT molecular complexity index is 1240. The molecule has 4 rings (SSSR count). The lowest BCUT2D eigenvalue weighted by Crippen LogP contribution is -2.32. The SMILES string of the molecule is CCCCCC/C(=N\OC(C)=O)C(=O)C1CN(c2ccc(C(=O)c3ccccc3)cc2)C2=CC=CC(C)C21. The predicted octanol–water partition coefficient (Wildman–Crippen LogP) is 6.52. The fraction of sp³-hybridized carbons (Fsp3) is 0.375. The summed E-state index contributed by atoms with van der Waals surface area (Å²) in [5.74, 6) is -0.755. The third kappa shape index (κ3) is 6.18. The van der Waals surface area contributed by atoms with E-state index in [0.29, 0.717) is 29.8 Å². The molecule has 0 bridgehead atoms. The van der Waals surface area contributed by atoms with E-state index in [9.17, 15) is 14.4 Å². The van der Waals surface area contributed by atoms with E-state index in [0.717, 1.165) is 37.1 Å². The van der Waals surface area contributed by atoms with Crippen LogP contribution < -0.4 is 4.90 Å². The van der Waals surface area contributed by atoms with Crippen molar-refractivity contribution < 1.29 is 19.2 Å². The highest BCUT2D eigenvalue weighted by Gasteiger charge is 2.45. The average Bonchev–Trinajstić information content (AvgIpc) is 3.33. The molecule has 1 heterocycles. The summed E-state index contributed by atoms with van der Waals surface area (Å²) in [6.45, 7) is 6.06. The number of fused-ring (bicyclic) bond motifs is 1. The maximum Gasteiger partial charge on any atom is 0.331 e. The number of unbranched alkanes of at least 4 members (excludes halogenated alkanes) is 3. The van der Waals surface area contributed by atoms with Crippen LogP contribution in [0.25, 0.3) is 0 Å². The Balaban J connectivity index is 1.58. The van der Waals surface area contributed by atoms with Crippen LogP contribution in [0.3, 0.4) is 0 Å². The fourth-order valence-electron chi connectivity index (χ4n) is 5.40. The Hall–Kier alpha value is -3.80. The topological polar surface area (TPSA) is 76.0 Å². The van der Waals surface area contributed by atoms with Crippen LogP contribution in [0.15, 0.2) is 83.7 Å². The second-order valence-electron chi connectivity index (χ2n) is 10.1. The Morgan fingerprint density at radius 2 is 1.68 bits per heavy atom. The first-order valence-electron chi connectivity index (χ1n) is 13.5. The molecule has 2 aromatic carbocycles. The highest BCUT2D eigenvalue weighted by molar-refractivity contribution is 6.40. The zero-order chi connectivity index (χ0) is 27.1. The molecular formula is C32H36N2O4. The van der Waals surface area contributed by atoms with Crippen molar-refractivity contribution in [3.8, 4) is 0 Å². The van der Waals surface area contributed by atoms with Gasteiger partial charge in [0.2, 0.25) is 0 Å². The fourth-order valence-corrected chi connectivity index (χ4v) is 5.40. The molecule has 0 spiro atoms. The van der Waals surface area contributed by atoms with Gasteiger partial charge in [0, 0.05) is 41.9 Å². The number of Topliss-reactive ketones (excluding diaryl/α,β-unsaturated/α-hetero) is 1. The Morgan fingerprint density at radius 3 is 2.37 bits per heavy atom. The number of anilines is 1. The van der Waals surface area contributed by atoms with Crippen LogP contribution in [0.2, 0.25) is 0 Å². The molecule has 2 aliphatic rings. The number of nitrogens with zero attached hydrogens (tertiary/aromatic N) is 2. The minimum absolute atomic E-state index is 0.00343. The summed E-state index contributed by atoms with van der Waals surface area (Å²) >= 11 is 0. The number of allylic oxidation sites excluding steroid dienone is 4. The maximum atomic E-state index is 13.9. The molecule has 6 nitrogen and oxygen atoms in total. The van der Waals surface area contributed by atoms with E-state index >= 15 is 0 Å². The normalized spacial score (nSPS) is 20.6. The average molecular weight is 513 g/mol. The van der Waals surface area contributed by atoms with E-state index in [-0.39, 0.29) is 29.3 Å². The first kappa shape index (κ1) is 27.2. The van der Waals surface area contributed by atoms with Crippen LogP contribution in [-0.4, -0.2) is 29.8 Å². The zero-order valence-electron chi connectivity index (χ0n) is 22.4. The lowest BCUT2D eigenvalue weighted by Gasteiger charge is -2.27. The minimum Gasteiger partial charge on any atom is -0.344 e. The van der Waals surface area contributed by atoms with Crippen molar-refractivity contribution in [3.05, 3.63) is 89.6 Å². The number of carbonyl (C=O) groups is 3. The van der Waals surface area contributed by atoms with Crippen molar-refractivity contribution in [3.63, 3.8) is 0 Å². The number of rotatable bonds is 11. The van der Waals surface area contributed by atoms with E-state index in [1.165, 1.54) is 6.92 Å². The van der Waals surface area contributed by atoms with Gasteiger partial charge in [-0.1, -0.05) is 80.7 Å². The van der Waals surface area contributed by atoms with Crippen LogP contribution in [-0.2, 0) is 14.4 Å². The molecule has 0 radical (unpaired) electrons. The van der Waals surface area contributed by atoms with Crippen molar-refractivity contribution in [1.82, 2.24) is 0 Å². The smallest absolute Gasteiger partial charge is 0.331 e. The molecular weight excluding hydrogens is 476 g/mol. The lowest BCUT2D eigenvalue weighted by molar-refractivity contribution is -0.141. The largest absolute Gasteiger partial charge is 0.344 e. The van der Waals surface area contributed by atoms with Gasteiger partial charge in [0.25, 0.3) is 0 Å². The Morgan fingerprint density at radius 1 is 0.974 bits per heavy atom. The first-order valence-corrected chi connectivity index (χ1v) is 13.5. The molecule has 3 atom stereocenters. The predicted molar refractivity (Wildman–Crippen MR) is 150 cm³/mol. The molecule has 6 heteroatoms. The third-order valence-electron chi connectivity index (χ3n) is 7.36. The molecule has 1 aliphatic carbocycles. The van der Waals surface area contributed by atoms with Crippen molar-refractivity contribution in [2.45, 2.75) is 52.9 Å². The van der Waals surface area contributed by atoms with Gasteiger partial charge in [-0.15, -0.1) is 0 Å². The number of oxime groups is 1. The summed E-state index contributed by atoms with van der Waals surface area (Å²) in [7, 11) is 0. The molecule has 3 unspecified atom stereocenters. The number of carbonyl (C=O) groups excluding carboxylic acids is 3. The van der Waals surface area contributed by atoms with Gasteiger partial charge in [0.1, 0.15) is 5.71 Å². The second-order valence-corrected chi connectivity index (χ2v) is 10.1. The molecule has 0 saturated carbocycles. The van der Waals surface area contributed by atoms with Crippen LogP contribution in [0.5, 0.6) is 0 Å². The molecule has 0 N–H and O–H groups in total. The van der Waals surface area contributed by atoms with Gasteiger partial charge in [0.05, 0.1) is 5.92 Å². The van der Waals surface area contributed by atoms with Gasteiger partial charge in [0.15, 0.2) is 11.6 Å². The molecule has 2 aromatic rings. The van der Waals surface area contributed by atoms with Gasteiger partial charge >= 0.3 is 5.97 Å². The van der Waals surface area contributed by atoms with Crippen LogP contribution >= 0.6 is 0 Å². The van der Waals surface area contributed by atoms with E-state index in [2.05, 4.69) is 36.1 Å². The van der Waals surface area contributed by atoms with Gasteiger partial charge < -0.3 is 9.74 Å². The summed E-state index contributed by atoms with van der Waals surface area (Å²) < 4.78 is 0. The van der Waals surface area contributed by atoms with Gasteiger partial charge in [-0.2, -0.15) is 0 Å². The van der Waals surface area contributed by atoms with Crippen LogP contribution in [0.1, 0.15) is 68.8 Å². The van der Waals surface area contributed by atoms with E-state index in [4.69, 9.17) is 4.84 Å². The van der Waals surface area contributed by atoms with Gasteiger partial charge in [-0.25, -0.2) is 4.79 Å². The molecule has 1 aliphatic heterocycles. The molecule has 198 valence electrons. The number of hydrogen-bond donors (Lipinski definition) is 0. The third-order valence-corrected chi connectivity index (χ3v) is 7.36. The molecule has 0 amide bonds. The number of hydrogen-bond acceptors (Lipinski definition) is 6.